The summed E-state index contributed by atoms with van der Waals surface area (Å²) in [5.74, 6) is -0.245. The molecule has 3 nitrogen and oxygen atoms in total. The zero-order chi connectivity index (χ0) is 14.4. The maximum absolute atomic E-state index is 10.4. The molecule has 0 aliphatic rings. The fraction of sp³-hybridized carbons (Fsp3) is 0.625. The number of aliphatic hydroxyl groups excluding tert-OH is 2. The van der Waals surface area contributed by atoms with E-state index in [4.69, 9.17) is 4.74 Å². The predicted molar refractivity (Wildman–Crippen MR) is 76.8 cm³/mol. The van der Waals surface area contributed by atoms with E-state index in [2.05, 4.69) is 0 Å². The average Bonchev–Trinajstić information content (AvgIpc) is 2.46. The third-order valence-corrected chi connectivity index (χ3v) is 3.96. The van der Waals surface area contributed by atoms with Crippen LogP contribution in [0.3, 0.4) is 0 Å². The molecular formula is C16H26O3. The first-order valence-electron chi connectivity index (χ1n) is 6.96. The molecule has 0 spiro atoms. The monoisotopic (exact) mass is 266 g/mol. The van der Waals surface area contributed by atoms with E-state index in [1.165, 1.54) is 0 Å². The molecule has 0 fully saturated rings. The minimum Gasteiger partial charge on any atom is -0.393 e. The highest BCUT2D eigenvalue weighted by Crippen LogP contribution is 2.31. The topological polar surface area (TPSA) is 49.7 Å². The van der Waals surface area contributed by atoms with Crippen molar-refractivity contribution in [2.75, 3.05) is 7.11 Å². The van der Waals surface area contributed by atoms with E-state index in [1.807, 2.05) is 51.1 Å². The second-order valence-electron chi connectivity index (χ2n) is 5.25. The van der Waals surface area contributed by atoms with Crippen LogP contribution in [0.4, 0.5) is 0 Å². The standard InChI is InChI=1S/C16H26O3/c1-5-14(17)11(2)15(18)12(3)16(19-4)13-9-7-6-8-10-13/h6-12,14-18H,5H2,1-4H3/t11-,12+,14-,15-,16-/m1/s1. The van der Waals surface area contributed by atoms with Gasteiger partial charge in [0.1, 0.15) is 0 Å². The molecule has 2 N–H and O–H groups in total. The number of hydrogen-bond acceptors (Lipinski definition) is 3. The summed E-state index contributed by atoms with van der Waals surface area (Å²) in [6.07, 6.45) is -0.595. The van der Waals surface area contributed by atoms with Crippen molar-refractivity contribution in [2.45, 2.75) is 45.5 Å². The minimum atomic E-state index is -0.597. The summed E-state index contributed by atoms with van der Waals surface area (Å²) in [5, 5.41) is 20.3. The number of rotatable bonds is 7. The van der Waals surface area contributed by atoms with Gasteiger partial charge in [-0.3, -0.25) is 0 Å². The lowest BCUT2D eigenvalue weighted by Crippen LogP contribution is -2.36. The molecule has 0 bridgehead atoms. The van der Waals surface area contributed by atoms with Crippen LogP contribution < -0.4 is 0 Å². The summed E-state index contributed by atoms with van der Waals surface area (Å²) in [6, 6.07) is 9.88. The molecule has 3 heteroatoms. The zero-order valence-corrected chi connectivity index (χ0v) is 12.3. The van der Waals surface area contributed by atoms with Crippen molar-refractivity contribution >= 4 is 0 Å². The lowest BCUT2D eigenvalue weighted by molar-refractivity contribution is -0.0576. The molecule has 1 aromatic carbocycles. The third-order valence-electron chi connectivity index (χ3n) is 3.96. The van der Waals surface area contributed by atoms with E-state index in [1.54, 1.807) is 7.11 Å². The number of methoxy groups -OCH3 is 1. The molecule has 0 aromatic heterocycles. The van der Waals surface area contributed by atoms with Crippen molar-refractivity contribution in [3.05, 3.63) is 35.9 Å². The van der Waals surface area contributed by atoms with Crippen molar-refractivity contribution in [3.8, 4) is 0 Å². The second kappa shape index (κ2) is 7.63. The fourth-order valence-corrected chi connectivity index (χ4v) is 2.55. The Morgan fingerprint density at radius 2 is 1.63 bits per heavy atom. The highest BCUT2D eigenvalue weighted by molar-refractivity contribution is 5.18. The van der Waals surface area contributed by atoms with Crippen LogP contribution in [0.5, 0.6) is 0 Å². The Balaban J connectivity index is 2.81. The first kappa shape index (κ1) is 16.2. The Morgan fingerprint density at radius 3 is 2.11 bits per heavy atom. The molecule has 1 rings (SSSR count). The van der Waals surface area contributed by atoms with Crippen LogP contribution in [0.2, 0.25) is 0 Å². The van der Waals surface area contributed by atoms with Crippen molar-refractivity contribution in [1.82, 2.24) is 0 Å². The van der Waals surface area contributed by atoms with E-state index < -0.39 is 12.2 Å². The highest BCUT2D eigenvalue weighted by atomic mass is 16.5. The Hall–Kier alpha value is -0.900. The van der Waals surface area contributed by atoms with Gasteiger partial charge in [0.2, 0.25) is 0 Å². The molecule has 0 heterocycles. The summed E-state index contributed by atoms with van der Waals surface area (Å²) in [7, 11) is 1.65. The van der Waals surface area contributed by atoms with Gasteiger partial charge in [0, 0.05) is 18.9 Å². The lowest BCUT2D eigenvalue weighted by atomic mass is 9.83. The van der Waals surface area contributed by atoms with Gasteiger partial charge >= 0.3 is 0 Å². The molecule has 0 radical (unpaired) electrons. The second-order valence-corrected chi connectivity index (χ2v) is 5.25. The third kappa shape index (κ3) is 4.03. The maximum Gasteiger partial charge on any atom is 0.0871 e. The van der Waals surface area contributed by atoms with Crippen LogP contribution in [0.25, 0.3) is 0 Å². The summed E-state index contributed by atoms with van der Waals surface area (Å²) in [6.45, 7) is 5.77. The number of aliphatic hydroxyl groups is 2. The van der Waals surface area contributed by atoms with Crippen LogP contribution in [0, 0.1) is 11.8 Å². The molecule has 0 aliphatic heterocycles. The van der Waals surface area contributed by atoms with E-state index in [0.29, 0.717) is 6.42 Å². The minimum absolute atomic E-state index is 0.0800. The Morgan fingerprint density at radius 1 is 1.05 bits per heavy atom. The molecule has 0 saturated heterocycles. The summed E-state index contributed by atoms with van der Waals surface area (Å²) >= 11 is 0. The smallest absolute Gasteiger partial charge is 0.0871 e. The van der Waals surface area contributed by atoms with Crippen LogP contribution in [0.1, 0.15) is 38.9 Å². The summed E-state index contributed by atoms with van der Waals surface area (Å²) in [4.78, 5) is 0. The molecule has 19 heavy (non-hydrogen) atoms. The van der Waals surface area contributed by atoms with E-state index in [0.717, 1.165) is 5.56 Å². The van der Waals surface area contributed by atoms with E-state index in [-0.39, 0.29) is 17.9 Å². The predicted octanol–water partition coefficient (Wildman–Crippen LogP) is 2.78. The molecule has 0 aliphatic carbocycles. The van der Waals surface area contributed by atoms with Crippen molar-refractivity contribution in [3.63, 3.8) is 0 Å². The zero-order valence-electron chi connectivity index (χ0n) is 12.3. The van der Waals surface area contributed by atoms with Crippen LogP contribution >= 0.6 is 0 Å². The van der Waals surface area contributed by atoms with Gasteiger partial charge in [-0.05, 0) is 12.0 Å². The number of hydrogen-bond donors (Lipinski definition) is 2. The highest BCUT2D eigenvalue weighted by Gasteiger charge is 2.31. The Kier molecular flexibility index (Phi) is 6.49. The Bertz CT molecular complexity index is 352. The fourth-order valence-electron chi connectivity index (χ4n) is 2.55. The van der Waals surface area contributed by atoms with Gasteiger partial charge in [-0.15, -0.1) is 0 Å². The van der Waals surface area contributed by atoms with Crippen molar-refractivity contribution < 1.29 is 14.9 Å². The quantitative estimate of drug-likeness (QED) is 0.798. The number of benzene rings is 1. The molecule has 0 saturated carbocycles. The van der Waals surface area contributed by atoms with Crippen molar-refractivity contribution in [1.29, 1.82) is 0 Å². The van der Waals surface area contributed by atoms with E-state index in [9.17, 15) is 10.2 Å². The summed E-state index contributed by atoms with van der Waals surface area (Å²) < 4.78 is 5.54. The first-order chi connectivity index (χ1) is 9.02. The van der Waals surface area contributed by atoms with E-state index >= 15 is 0 Å². The van der Waals surface area contributed by atoms with Crippen LogP contribution in [-0.4, -0.2) is 29.5 Å². The van der Waals surface area contributed by atoms with Gasteiger partial charge in [0.15, 0.2) is 0 Å². The molecular weight excluding hydrogens is 240 g/mol. The molecule has 108 valence electrons. The Labute approximate surface area is 116 Å². The molecule has 1 aromatic rings. The average molecular weight is 266 g/mol. The molecule has 0 amide bonds. The van der Waals surface area contributed by atoms with Crippen LogP contribution in [-0.2, 0) is 4.74 Å². The SMILES string of the molecule is CC[C@@H](O)[C@@H](C)[C@@H](O)[C@H](C)[C@@H](OC)c1ccccc1. The first-order valence-corrected chi connectivity index (χ1v) is 6.96. The molecule has 5 atom stereocenters. The molecule has 0 unspecified atom stereocenters. The summed E-state index contributed by atoms with van der Waals surface area (Å²) in [5.41, 5.74) is 1.05. The van der Waals surface area contributed by atoms with Gasteiger partial charge in [-0.1, -0.05) is 51.1 Å². The van der Waals surface area contributed by atoms with Crippen molar-refractivity contribution in [2.24, 2.45) is 11.8 Å². The van der Waals surface area contributed by atoms with Gasteiger partial charge in [0.05, 0.1) is 18.3 Å². The van der Waals surface area contributed by atoms with Gasteiger partial charge in [-0.2, -0.15) is 0 Å². The van der Waals surface area contributed by atoms with Gasteiger partial charge in [0.25, 0.3) is 0 Å². The normalized spacial score (nSPS) is 19.5. The van der Waals surface area contributed by atoms with Crippen LogP contribution in [0.15, 0.2) is 30.3 Å². The van der Waals surface area contributed by atoms with Gasteiger partial charge in [-0.25, -0.2) is 0 Å². The lowest BCUT2D eigenvalue weighted by Gasteiger charge is -2.32. The maximum atomic E-state index is 10.4. The van der Waals surface area contributed by atoms with Gasteiger partial charge < -0.3 is 14.9 Å². The number of ether oxygens (including phenoxy) is 1. The largest absolute Gasteiger partial charge is 0.393 e.